The van der Waals surface area contributed by atoms with Crippen LogP contribution in [0.1, 0.15) is 31.7 Å². The van der Waals surface area contributed by atoms with Gasteiger partial charge in [-0.3, -0.25) is 4.79 Å². The van der Waals surface area contributed by atoms with Crippen molar-refractivity contribution >= 4 is 23.5 Å². The third-order valence-electron chi connectivity index (χ3n) is 4.33. The largest absolute Gasteiger partial charge is 0.359 e. The maximum absolute atomic E-state index is 11.5. The molecule has 1 aromatic rings. The van der Waals surface area contributed by atoms with Crippen molar-refractivity contribution in [1.82, 2.24) is 15.5 Å². The van der Waals surface area contributed by atoms with E-state index in [2.05, 4.69) is 22.5 Å². The first-order valence-electron chi connectivity index (χ1n) is 8.60. The van der Waals surface area contributed by atoms with E-state index in [9.17, 15) is 4.79 Å². The van der Waals surface area contributed by atoms with E-state index in [1.165, 1.54) is 0 Å². The molecule has 6 heteroatoms. The van der Waals surface area contributed by atoms with E-state index in [4.69, 9.17) is 16.6 Å². The van der Waals surface area contributed by atoms with Crippen LogP contribution in [0, 0.1) is 5.92 Å². The molecule has 5 nitrogen and oxygen atoms in total. The van der Waals surface area contributed by atoms with Crippen molar-refractivity contribution in [1.29, 1.82) is 0 Å². The van der Waals surface area contributed by atoms with Gasteiger partial charge in [-0.25, -0.2) is 4.99 Å². The van der Waals surface area contributed by atoms with Gasteiger partial charge in [-0.15, -0.1) is 0 Å². The molecule has 132 valence electrons. The Bertz CT molecular complexity index is 551. The summed E-state index contributed by atoms with van der Waals surface area (Å²) in [6.45, 7) is 5.44. The van der Waals surface area contributed by atoms with E-state index in [1.54, 1.807) is 7.05 Å². The van der Waals surface area contributed by atoms with Crippen molar-refractivity contribution in [2.45, 2.75) is 32.7 Å². The highest BCUT2D eigenvalue weighted by Gasteiger charge is 2.22. The van der Waals surface area contributed by atoms with Crippen LogP contribution in [0.15, 0.2) is 29.3 Å². The number of hydrogen-bond acceptors (Lipinski definition) is 2. The molecule has 0 radical (unpaired) electrons. The number of nitrogens with one attached hydrogen (secondary N) is 2. The first-order chi connectivity index (χ1) is 11.6. The lowest BCUT2D eigenvalue weighted by atomic mass is 9.93. The van der Waals surface area contributed by atoms with E-state index in [1.807, 2.05) is 24.3 Å². The van der Waals surface area contributed by atoms with Gasteiger partial charge in [-0.2, -0.15) is 0 Å². The van der Waals surface area contributed by atoms with Gasteiger partial charge in [-0.1, -0.05) is 23.7 Å². The second kappa shape index (κ2) is 9.52. The Labute approximate surface area is 149 Å². The maximum atomic E-state index is 11.5. The molecule has 0 saturated carbocycles. The van der Waals surface area contributed by atoms with E-state index < -0.39 is 0 Å². The summed E-state index contributed by atoms with van der Waals surface area (Å²) in [4.78, 5) is 18.6. The number of carbonyl (C=O) groups is 1. The van der Waals surface area contributed by atoms with Crippen molar-refractivity contribution in [2.24, 2.45) is 10.9 Å². The van der Waals surface area contributed by atoms with Gasteiger partial charge < -0.3 is 15.5 Å². The molecule has 1 amide bonds. The number of hydrogen-bond donors (Lipinski definition) is 2. The number of carbonyl (C=O) groups excluding carboxylic acids is 1. The molecule has 0 aliphatic carbocycles. The first kappa shape index (κ1) is 18.6. The lowest BCUT2D eigenvalue weighted by Crippen LogP contribution is -2.46. The fraction of sp³-hybridized carbons (Fsp3) is 0.556. The average molecular weight is 351 g/mol. The zero-order valence-electron chi connectivity index (χ0n) is 14.5. The van der Waals surface area contributed by atoms with Gasteiger partial charge in [0.15, 0.2) is 5.96 Å². The van der Waals surface area contributed by atoms with Crippen LogP contribution in [-0.4, -0.2) is 43.4 Å². The summed E-state index contributed by atoms with van der Waals surface area (Å²) in [5, 5.41) is 6.83. The third-order valence-corrected chi connectivity index (χ3v) is 4.58. The minimum Gasteiger partial charge on any atom is -0.359 e. The normalized spacial score (nSPS) is 16.1. The molecular weight excluding hydrogens is 324 g/mol. The van der Waals surface area contributed by atoms with Gasteiger partial charge in [0.2, 0.25) is 5.91 Å². The summed E-state index contributed by atoms with van der Waals surface area (Å²) in [5.74, 6) is 1.56. The molecule has 1 aromatic carbocycles. The van der Waals surface area contributed by atoms with Crippen LogP contribution in [0.2, 0.25) is 5.02 Å². The highest BCUT2D eigenvalue weighted by Crippen LogP contribution is 2.20. The molecule has 1 fully saturated rings. The van der Waals surface area contributed by atoms with E-state index >= 15 is 0 Å². The second-order valence-corrected chi connectivity index (χ2v) is 6.54. The van der Waals surface area contributed by atoms with Gasteiger partial charge in [0.1, 0.15) is 0 Å². The highest BCUT2D eigenvalue weighted by atomic mass is 35.5. The Balaban J connectivity index is 1.92. The Morgan fingerprint density at radius 2 is 1.96 bits per heavy atom. The monoisotopic (exact) mass is 350 g/mol. The number of halogens is 1. The smallest absolute Gasteiger partial charge is 0.220 e. The lowest BCUT2D eigenvalue weighted by Gasteiger charge is -2.34. The Kier molecular flexibility index (Phi) is 7.37. The minimum absolute atomic E-state index is 0.136. The Morgan fingerprint density at radius 1 is 1.29 bits per heavy atom. The fourth-order valence-corrected chi connectivity index (χ4v) is 3.02. The molecule has 0 atom stereocenters. The van der Waals surface area contributed by atoms with E-state index in [-0.39, 0.29) is 5.91 Å². The SMILES string of the molecule is CCNC(=NCc1ccc(Cl)cc1)N1CCC(CC(=O)NC)CC1. The van der Waals surface area contributed by atoms with Crippen LogP contribution in [0.25, 0.3) is 0 Å². The summed E-state index contributed by atoms with van der Waals surface area (Å²) >= 11 is 5.92. The number of nitrogens with zero attached hydrogens (tertiary/aromatic N) is 2. The number of likely N-dealkylation sites (tertiary alicyclic amines) is 1. The summed E-state index contributed by atoms with van der Waals surface area (Å²) in [7, 11) is 1.70. The summed E-state index contributed by atoms with van der Waals surface area (Å²) < 4.78 is 0. The molecule has 0 bridgehead atoms. The van der Waals surface area contributed by atoms with Crippen LogP contribution in [-0.2, 0) is 11.3 Å². The highest BCUT2D eigenvalue weighted by molar-refractivity contribution is 6.30. The molecule has 0 aromatic heterocycles. The van der Waals surface area contributed by atoms with Crippen molar-refractivity contribution in [3.05, 3.63) is 34.9 Å². The molecule has 2 N–H and O–H groups in total. The number of rotatable bonds is 5. The summed E-state index contributed by atoms with van der Waals surface area (Å²) in [6.07, 6.45) is 2.68. The third kappa shape index (κ3) is 5.71. The predicted octanol–water partition coefficient (Wildman–Crippen LogP) is 2.65. The van der Waals surface area contributed by atoms with Gasteiger partial charge in [-0.05, 0) is 43.4 Å². The van der Waals surface area contributed by atoms with E-state index in [0.29, 0.717) is 18.9 Å². The maximum Gasteiger partial charge on any atom is 0.220 e. The van der Waals surface area contributed by atoms with Crippen molar-refractivity contribution in [3.63, 3.8) is 0 Å². The van der Waals surface area contributed by atoms with Crippen molar-refractivity contribution in [3.8, 4) is 0 Å². The average Bonchev–Trinajstić information content (AvgIpc) is 2.60. The van der Waals surface area contributed by atoms with E-state index in [0.717, 1.165) is 49.0 Å². The molecule has 1 aliphatic heterocycles. The zero-order chi connectivity index (χ0) is 17.4. The summed E-state index contributed by atoms with van der Waals surface area (Å²) in [6, 6.07) is 7.79. The summed E-state index contributed by atoms with van der Waals surface area (Å²) in [5.41, 5.74) is 1.14. The number of benzene rings is 1. The van der Waals surface area contributed by atoms with Crippen LogP contribution < -0.4 is 10.6 Å². The van der Waals surface area contributed by atoms with Crippen molar-refractivity contribution < 1.29 is 4.79 Å². The Morgan fingerprint density at radius 3 is 2.54 bits per heavy atom. The van der Waals surface area contributed by atoms with Gasteiger partial charge in [0.25, 0.3) is 0 Å². The quantitative estimate of drug-likeness (QED) is 0.634. The second-order valence-electron chi connectivity index (χ2n) is 6.10. The standard InChI is InChI=1S/C18H27ClN4O/c1-3-21-18(22-13-15-4-6-16(19)7-5-15)23-10-8-14(9-11-23)12-17(24)20-2/h4-7,14H,3,8-13H2,1-2H3,(H,20,24)(H,21,22). The van der Waals surface area contributed by atoms with Gasteiger partial charge in [0.05, 0.1) is 6.54 Å². The Hall–Kier alpha value is -1.75. The topological polar surface area (TPSA) is 56.7 Å². The molecule has 1 aliphatic rings. The zero-order valence-corrected chi connectivity index (χ0v) is 15.3. The predicted molar refractivity (Wildman–Crippen MR) is 99.2 cm³/mol. The number of piperidine rings is 1. The molecule has 2 rings (SSSR count). The molecule has 24 heavy (non-hydrogen) atoms. The fourth-order valence-electron chi connectivity index (χ4n) is 2.89. The number of amides is 1. The first-order valence-corrected chi connectivity index (χ1v) is 8.98. The van der Waals surface area contributed by atoms with Crippen LogP contribution >= 0.6 is 11.6 Å². The molecule has 1 saturated heterocycles. The molecule has 1 heterocycles. The molecule has 0 unspecified atom stereocenters. The molecule has 0 spiro atoms. The minimum atomic E-state index is 0.136. The lowest BCUT2D eigenvalue weighted by molar-refractivity contribution is -0.121. The van der Waals surface area contributed by atoms with Crippen LogP contribution in [0.5, 0.6) is 0 Å². The molecular formula is C18H27ClN4O. The number of aliphatic imine (C=N–C) groups is 1. The van der Waals surface area contributed by atoms with Gasteiger partial charge in [0, 0.05) is 38.1 Å². The van der Waals surface area contributed by atoms with Gasteiger partial charge >= 0.3 is 0 Å². The number of guanidine groups is 1. The van der Waals surface area contributed by atoms with Crippen LogP contribution in [0.3, 0.4) is 0 Å². The van der Waals surface area contributed by atoms with Crippen molar-refractivity contribution in [2.75, 3.05) is 26.7 Å². The van der Waals surface area contributed by atoms with Crippen LogP contribution in [0.4, 0.5) is 0 Å².